The van der Waals surface area contributed by atoms with Gasteiger partial charge in [0.15, 0.2) is 0 Å². The van der Waals surface area contributed by atoms with Gasteiger partial charge in [-0.05, 0) is 31.6 Å². The first-order chi connectivity index (χ1) is 9.12. The van der Waals surface area contributed by atoms with Crippen LogP contribution >= 0.6 is 0 Å². The van der Waals surface area contributed by atoms with E-state index >= 15 is 0 Å². The highest BCUT2D eigenvalue weighted by atomic mass is 16.4. The smallest absolute Gasteiger partial charge is 0.314 e. The van der Waals surface area contributed by atoms with Gasteiger partial charge in [0.25, 0.3) is 0 Å². The molecule has 0 aromatic heterocycles. The first kappa shape index (κ1) is 14.2. The van der Waals surface area contributed by atoms with Crippen molar-refractivity contribution >= 4 is 12.0 Å². The average molecular weight is 268 g/mol. The van der Waals surface area contributed by atoms with Gasteiger partial charge in [0.1, 0.15) is 0 Å². The largest absolute Gasteiger partial charge is 0.481 e. The van der Waals surface area contributed by atoms with Gasteiger partial charge in [-0.1, -0.05) is 25.7 Å². The Labute approximate surface area is 114 Å². The van der Waals surface area contributed by atoms with Gasteiger partial charge >= 0.3 is 12.0 Å². The predicted octanol–water partition coefficient (Wildman–Crippen LogP) is 2.12. The Kier molecular flexibility index (Phi) is 4.66. The summed E-state index contributed by atoms with van der Waals surface area (Å²) in [5.41, 5.74) is -0.731. The predicted molar refractivity (Wildman–Crippen MR) is 71.9 cm³/mol. The van der Waals surface area contributed by atoms with E-state index in [1.165, 1.54) is 25.7 Å². The van der Waals surface area contributed by atoms with Crippen LogP contribution in [0.25, 0.3) is 0 Å². The van der Waals surface area contributed by atoms with E-state index in [2.05, 4.69) is 10.6 Å². The van der Waals surface area contributed by atoms with Crippen molar-refractivity contribution in [1.29, 1.82) is 0 Å². The number of nitrogens with one attached hydrogen (secondary N) is 2. The monoisotopic (exact) mass is 268 g/mol. The minimum absolute atomic E-state index is 0.223. The molecule has 5 heteroatoms. The van der Waals surface area contributed by atoms with Gasteiger partial charge in [0.05, 0.1) is 5.41 Å². The highest BCUT2D eigenvalue weighted by Gasteiger charge is 2.41. The molecule has 0 heterocycles. The molecule has 5 nitrogen and oxygen atoms in total. The second-order valence-corrected chi connectivity index (χ2v) is 6.01. The zero-order valence-electron chi connectivity index (χ0n) is 11.4. The fraction of sp³-hybridized carbons (Fsp3) is 0.857. The summed E-state index contributed by atoms with van der Waals surface area (Å²) in [5, 5.41) is 14.9. The Morgan fingerprint density at radius 3 is 2.26 bits per heavy atom. The van der Waals surface area contributed by atoms with Crippen molar-refractivity contribution in [2.45, 2.75) is 51.4 Å². The van der Waals surface area contributed by atoms with E-state index in [4.69, 9.17) is 0 Å². The Hall–Kier alpha value is -1.26. The summed E-state index contributed by atoms with van der Waals surface area (Å²) in [6.07, 6.45) is 8.14. The third-order valence-corrected chi connectivity index (χ3v) is 4.63. The lowest BCUT2D eigenvalue weighted by Gasteiger charge is -2.24. The summed E-state index contributed by atoms with van der Waals surface area (Å²) < 4.78 is 0. The van der Waals surface area contributed by atoms with Crippen LogP contribution in [0, 0.1) is 11.3 Å². The summed E-state index contributed by atoms with van der Waals surface area (Å²) in [6, 6.07) is -0.223. The molecule has 19 heavy (non-hydrogen) atoms. The summed E-state index contributed by atoms with van der Waals surface area (Å²) in [4.78, 5) is 23.0. The SMILES string of the molecule is O=C(NCC1CCCC1)NCC1(C(=O)O)CCCC1. The Bertz CT molecular complexity index is 332. The van der Waals surface area contributed by atoms with Crippen molar-refractivity contribution in [2.75, 3.05) is 13.1 Å². The number of urea groups is 1. The Morgan fingerprint density at radius 2 is 1.68 bits per heavy atom. The molecule has 0 unspecified atom stereocenters. The van der Waals surface area contributed by atoms with Crippen LogP contribution in [-0.2, 0) is 4.79 Å². The van der Waals surface area contributed by atoms with Gasteiger partial charge in [0.2, 0.25) is 0 Å². The molecule has 2 saturated carbocycles. The molecular weight excluding hydrogens is 244 g/mol. The molecule has 2 fully saturated rings. The zero-order valence-corrected chi connectivity index (χ0v) is 11.4. The van der Waals surface area contributed by atoms with E-state index in [0.29, 0.717) is 25.3 Å². The molecule has 0 aromatic rings. The van der Waals surface area contributed by atoms with Crippen LogP contribution in [0.2, 0.25) is 0 Å². The fourth-order valence-corrected chi connectivity index (χ4v) is 3.28. The molecule has 0 aromatic carbocycles. The van der Waals surface area contributed by atoms with Crippen molar-refractivity contribution in [3.05, 3.63) is 0 Å². The van der Waals surface area contributed by atoms with Gasteiger partial charge in [-0.15, -0.1) is 0 Å². The zero-order chi connectivity index (χ0) is 13.7. The normalized spacial score (nSPS) is 22.3. The standard InChI is InChI=1S/C14H24N2O3/c17-12(18)14(7-3-4-8-14)10-16-13(19)15-9-11-5-1-2-6-11/h11H,1-10H2,(H,17,18)(H2,15,16,19). The van der Waals surface area contributed by atoms with Crippen LogP contribution in [0.4, 0.5) is 4.79 Å². The molecule has 108 valence electrons. The maximum absolute atomic E-state index is 11.7. The number of carboxylic acid groups (broad SMARTS) is 1. The minimum Gasteiger partial charge on any atom is -0.481 e. The van der Waals surface area contributed by atoms with Gasteiger partial charge in [-0.2, -0.15) is 0 Å². The lowest BCUT2D eigenvalue weighted by atomic mass is 9.86. The van der Waals surface area contributed by atoms with Crippen molar-refractivity contribution in [1.82, 2.24) is 10.6 Å². The summed E-state index contributed by atoms with van der Waals surface area (Å²) in [7, 11) is 0. The molecule has 0 radical (unpaired) electrons. The fourth-order valence-electron chi connectivity index (χ4n) is 3.28. The molecule has 2 rings (SSSR count). The van der Waals surface area contributed by atoms with Crippen molar-refractivity contribution in [3.8, 4) is 0 Å². The van der Waals surface area contributed by atoms with Crippen LogP contribution in [-0.4, -0.2) is 30.2 Å². The van der Waals surface area contributed by atoms with Crippen LogP contribution < -0.4 is 10.6 Å². The number of rotatable bonds is 5. The third kappa shape index (κ3) is 3.61. The Balaban J connectivity index is 1.71. The van der Waals surface area contributed by atoms with Crippen LogP contribution in [0.15, 0.2) is 0 Å². The quantitative estimate of drug-likeness (QED) is 0.714. The van der Waals surface area contributed by atoms with Gasteiger partial charge < -0.3 is 15.7 Å². The summed E-state index contributed by atoms with van der Waals surface area (Å²) in [6.45, 7) is 0.963. The first-order valence-corrected chi connectivity index (χ1v) is 7.37. The second kappa shape index (κ2) is 6.26. The van der Waals surface area contributed by atoms with E-state index in [9.17, 15) is 14.7 Å². The molecule has 0 aliphatic heterocycles. The van der Waals surface area contributed by atoms with Gasteiger partial charge in [-0.25, -0.2) is 4.79 Å². The minimum atomic E-state index is -0.777. The number of aliphatic carboxylic acids is 1. The number of hydrogen-bond donors (Lipinski definition) is 3. The average Bonchev–Trinajstić information content (AvgIpc) is 3.05. The molecule has 2 amide bonds. The van der Waals surface area contributed by atoms with Crippen LogP contribution in [0.5, 0.6) is 0 Å². The molecule has 2 aliphatic carbocycles. The van der Waals surface area contributed by atoms with Gasteiger partial charge in [0, 0.05) is 13.1 Å². The van der Waals surface area contributed by atoms with Crippen LogP contribution in [0.1, 0.15) is 51.4 Å². The number of carboxylic acids is 1. The van der Waals surface area contributed by atoms with Crippen molar-refractivity contribution in [3.63, 3.8) is 0 Å². The lowest BCUT2D eigenvalue weighted by Crippen LogP contribution is -2.45. The first-order valence-electron chi connectivity index (χ1n) is 7.37. The van der Waals surface area contributed by atoms with E-state index in [-0.39, 0.29) is 12.6 Å². The number of carbonyl (C=O) groups excluding carboxylic acids is 1. The highest BCUT2D eigenvalue weighted by Crippen LogP contribution is 2.37. The molecule has 0 bridgehead atoms. The molecule has 0 spiro atoms. The third-order valence-electron chi connectivity index (χ3n) is 4.63. The van der Waals surface area contributed by atoms with Gasteiger partial charge in [-0.3, -0.25) is 4.79 Å². The molecule has 0 atom stereocenters. The molecule has 3 N–H and O–H groups in total. The lowest BCUT2D eigenvalue weighted by molar-refractivity contribution is -0.148. The highest BCUT2D eigenvalue weighted by molar-refractivity contribution is 5.78. The van der Waals surface area contributed by atoms with Crippen molar-refractivity contribution < 1.29 is 14.7 Å². The van der Waals surface area contributed by atoms with Crippen molar-refractivity contribution in [2.24, 2.45) is 11.3 Å². The topological polar surface area (TPSA) is 78.4 Å². The van der Waals surface area contributed by atoms with E-state index in [1.54, 1.807) is 0 Å². The molecule has 2 aliphatic rings. The molecule has 0 saturated heterocycles. The molecular formula is C14H24N2O3. The van der Waals surface area contributed by atoms with E-state index < -0.39 is 11.4 Å². The summed E-state index contributed by atoms with van der Waals surface area (Å²) >= 11 is 0. The number of amides is 2. The number of carbonyl (C=O) groups is 2. The van der Waals surface area contributed by atoms with Crippen LogP contribution in [0.3, 0.4) is 0 Å². The van der Waals surface area contributed by atoms with E-state index in [1.807, 2.05) is 0 Å². The maximum atomic E-state index is 11.7. The maximum Gasteiger partial charge on any atom is 0.314 e. The number of hydrogen-bond acceptors (Lipinski definition) is 2. The Morgan fingerprint density at radius 1 is 1.05 bits per heavy atom. The van der Waals surface area contributed by atoms with E-state index in [0.717, 1.165) is 12.8 Å². The summed E-state index contributed by atoms with van der Waals surface area (Å²) in [5.74, 6) is -0.174. The second-order valence-electron chi connectivity index (χ2n) is 6.01.